The maximum absolute atomic E-state index is 12.2. The first-order valence-corrected chi connectivity index (χ1v) is 8.44. The van der Waals surface area contributed by atoms with Gasteiger partial charge in [-0.2, -0.15) is 13.2 Å². The zero-order chi connectivity index (χ0) is 17.7. The van der Waals surface area contributed by atoms with Crippen molar-refractivity contribution in [2.75, 3.05) is 19.6 Å². The predicted octanol–water partition coefficient (Wildman–Crippen LogP) is 1.85. The Morgan fingerprint density at radius 2 is 2.17 bits per heavy atom. The minimum atomic E-state index is -4.47. The van der Waals surface area contributed by atoms with Crippen molar-refractivity contribution < 1.29 is 22.8 Å². The molecule has 0 aliphatic carbocycles. The van der Waals surface area contributed by atoms with E-state index in [2.05, 4.69) is 10.3 Å². The molecule has 1 aromatic rings. The monoisotopic (exact) mass is 364 g/mol. The molecule has 2 heterocycles. The quantitative estimate of drug-likeness (QED) is 0.837. The molecular formula is C14H19F3N4O2S. The normalized spacial score (nSPS) is 17.8. The molecule has 1 aliphatic rings. The number of rotatable bonds is 5. The Hall–Kier alpha value is -1.84. The average Bonchev–Trinajstić information content (AvgIpc) is 3.13. The van der Waals surface area contributed by atoms with Crippen LogP contribution in [0.1, 0.15) is 23.5 Å². The Kier molecular flexibility index (Phi) is 6.03. The summed E-state index contributed by atoms with van der Waals surface area (Å²) in [7, 11) is 0. The van der Waals surface area contributed by atoms with Crippen LogP contribution in [-0.4, -0.2) is 53.7 Å². The summed E-state index contributed by atoms with van der Waals surface area (Å²) in [5, 5.41) is 7.34. The number of likely N-dealkylation sites (tertiary alicyclic amines) is 1. The third kappa shape index (κ3) is 5.36. The lowest BCUT2D eigenvalue weighted by Crippen LogP contribution is -2.51. The number of thiazole rings is 1. The first kappa shape index (κ1) is 18.5. The van der Waals surface area contributed by atoms with Crippen LogP contribution in [0, 0.1) is 6.92 Å². The van der Waals surface area contributed by atoms with Crippen LogP contribution < -0.4 is 10.6 Å². The van der Waals surface area contributed by atoms with E-state index in [1.165, 1.54) is 16.2 Å². The number of aromatic nitrogens is 1. The summed E-state index contributed by atoms with van der Waals surface area (Å²) in [6.07, 6.45) is -2.94. The van der Waals surface area contributed by atoms with Gasteiger partial charge in [0.2, 0.25) is 5.91 Å². The number of hydrogen-bond donors (Lipinski definition) is 2. The highest BCUT2D eigenvalue weighted by Crippen LogP contribution is 2.18. The van der Waals surface area contributed by atoms with Crippen molar-refractivity contribution in [3.05, 3.63) is 16.1 Å². The molecule has 0 aromatic carbocycles. The van der Waals surface area contributed by atoms with Crippen LogP contribution in [0.25, 0.3) is 0 Å². The van der Waals surface area contributed by atoms with Gasteiger partial charge in [0, 0.05) is 30.6 Å². The highest BCUT2D eigenvalue weighted by Gasteiger charge is 2.36. The maximum atomic E-state index is 12.2. The number of carbonyl (C=O) groups excluding carboxylic acids is 2. The highest BCUT2D eigenvalue weighted by molar-refractivity contribution is 7.09. The van der Waals surface area contributed by atoms with Gasteiger partial charge in [-0.25, -0.2) is 9.78 Å². The number of hydrogen-bond acceptors (Lipinski definition) is 4. The van der Waals surface area contributed by atoms with Crippen LogP contribution in [0.4, 0.5) is 18.0 Å². The van der Waals surface area contributed by atoms with E-state index in [9.17, 15) is 22.8 Å². The molecule has 10 heteroatoms. The molecule has 134 valence electrons. The zero-order valence-electron chi connectivity index (χ0n) is 13.2. The molecule has 6 nitrogen and oxygen atoms in total. The summed E-state index contributed by atoms with van der Waals surface area (Å²) in [6, 6.07) is -1.29. The SMILES string of the molecule is Cc1csc(CCNC(=O)N2CCC[C@H]2C(=O)NCC(F)(F)F)n1. The number of alkyl halides is 3. The Morgan fingerprint density at radius 1 is 1.42 bits per heavy atom. The summed E-state index contributed by atoms with van der Waals surface area (Å²) in [4.78, 5) is 29.6. The smallest absolute Gasteiger partial charge is 0.345 e. The lowest BCUT2D eigenvalue weighted by atomic mass is 10.2. The number of nitrogens with one attached hydrogen (secondary N) is 2. The second kappa shape index (κ2) is 7.82. The Morgan fingerprint density at radius 3 is 2.79 bits per heavy atom. The van der Waals surface area contributed by atoms with Gasteiger partial charge < -0.3 is 15.5 Å². The van der Waals surface area contributed by atoms with Gasteiger partial charge in [0.25, 0.3) is 0 Å². The molecule has 2 rings (SSSR count). The minimum Gasteiger partial charge on any atom is -0.345 e. The summed E-state index contributed by atoms with van der Waals surface area (Å²) < 4.78 is 36.5. The molecule has 0 unspecified atom stereocenters. The fourth-order valence-electron chi connectivity index (χ4n) is 2.48. The van der Waals surface area contributed by atoms with Crippen molar-refractivity contribution in [1.82, 2.24) is 20.5 Å². The third-order valence-corrected chi connectivity index (χ3v) is 4.59. The highest BCUT2D eigenvalue weighted by atomic mass is 32.1. The summed E-state index contributed by atoms with van der Waals surface area (Å²) in [5.41, 5.74) is 0.919. The molecular weight excluding hydrogens is 345 g/mol. The number of amides is 3. The average molecular weight is 364 g/mol. The molecule has 1 aromatic heterocycles. The van der Waals surface area contributed by atoms with E-state index in [-0.39, 0.29) is 0 Å². The van der Waals surface area contributed by atoms with E-state index in [0.717, 1.165) is 10.7 Å². The first-order chi connectivity index (χ1) is 11.3. The Labute approximate surface area is 141 Å². The summed E-state index contributed by atoms with van der Waals surface area (Å²) >= 11 is 1.50. The second-order valence-electron chi connectivity index (χ2n) is 5.55. The molecule has 1 saturated heterocycles. The van der Waals surface area contributed by atoms with E-state index >= 15 is 0 Å². The molecule has 0 spiro atoms. The van der Waals surface area contributed by atoms with Gasteiger partial charge in [0.1, 0.15) is 12.6 Å². The molecule has 24 heavy (non-hydrogen) atoms. The molecule has 3 amide bonds. The number of nitrogens with zero attached hydrogens (tertiary/aromatic N) is 2. The largest absolute Gasteiger partial charge is 0.405 e. The topological polar surface area (TPSA) is 74.3 Å². The van der Waals surface area contributed by atoms with Gasteiger partial charge in [0.05, 0.1) is 5.01 Å². The molecule has 1 atom stereocenters. The van der Waals surface area contributed by atoms with E-state index < -0.39 is 30.7 Å². The third-order valence-electron chi connectivity index (χ3n) is 3.56. The summed E-state index contributed by atoms with van der Waals surface area (Å²) in [6.45, 7) is 1.21. The fourth-order valence-corrected chi connectivity index (χ4v) is 3.26. The summed E-state index contributed by atoms with van der Waals surface area (Å²) in [5.74, 6) is -0.768. The van der Waals surface area contributed by atoms with Crippen LogP contribution >= 0.6 is 11.3 Å². The molecule has 1 fully saturated rings. The lowest BCUT2D eigenvalue weighted by Gasteiger charge is -2.24. The standard InChI is InChI=1S/C14H19F3N4O2S/c1-9-7-24-11(20-9)4-5-18-13(23)21-6-2-3-10(21)12(22)19-8-14(15,16)17/h7,10H,2-6,8H2,1H3,(H,18,23)(H,19,22)/t10-/m0/s1. The molecule has 2 N–H and O–H groups in total. The van der Waals surface area contributed by atoms with Crippen molar-refractivity contribution in [2.24, 2.45) is 0 Å². The van der Waals surface area contributed by atoms with Crippen LogP contribution in [-0.2, 0) is 11.2 Å². The van der Waals surface area contributed by atoms with Gasteiger partial charge in [-0.15, -0.1) is 11.3 Å². The predicted molar refractivity (Wildman–Crippen MR) is 82.7 cm³/mol. The van der Waals surface area contributed by atoms with E-state index in [4.69, 9.17) is 0 Å². The number of urea groups is 1. The first-order valence-electron chi connectivity index (χ1n) is 7.56. The maximum Gasteiger partial charge on any atom is 0.405 e. The molecule has 0 bridgehead atoms. The zero-order valence-corrected chi connectivity index (χ0v) is 14.0. The van der Waals surface area contributed by atoms with Crippen molar-refractivity contribution in [3.63, 3.8) is 0 Å². The van der Waals surface area contributed by atoms with E-state index in [0.29, 0.717) is 32.4 Å². The Bertz CT molecular complexity index is 591. The van der Waals surface area contributed by atoms with Gasteiger partial charge in [0.15, 0.2) is 0 Å². The van der Waals surface area contributed by atoms with Crippen LogP contribution in [0.2, 0.25) is 0 Å². The van der Waals surface area contributed by atoms with Gasteiger partial charge in [-0.1, -0.05) is 0 Å². The second-order valence-corrected chi connectivity index (χ2v) is 6.49. The number of aryl methyl sites for hydroxylation is 1. The van der Waals surface area contributed by atoms with Crippen molar-refractivity contribution in [2.45, 2.75) is 38.4 Å². The van der Waals surface area contributed by atoms with E-state index in [1.54, 1.807) is 0 Å². The number of carbonyl (C=O) groups is 2. The van der Waals surface area contributed by atoms with Crippen LogP contribution in [0.5, 0.6) is 0 Å². The van der Waals surface area contributed by atoms with Gasteiger partial charge in [-0.05, 0) is 19.8 Å². The van der Waals surface area contributed by atoms with E-state index in [1.807, 2.05) is 17.6 Å². The minimum absolute atomic E-state index is 0.353. The molecule has 0 saturated carbocycles. The van der Waals surface area contributed by atoms with Gasteiger partial charge in [-0.3, -0.25) is 4.79 Å². The Balaban J connectivity index is 1.80. The lowest BCUT2D eigenvalue weighted by molar-refractivity contribution is -0.140. The van der Waals surface area contributed by atoms with Crippen molar-refractivity contribution in [1.29, 1.82) is 0 Å². The van der Waals surface area contributed by atoms with Gasteiger partial charge >= 0.3 is 12.2 Å². The molecule has 1 aliphatic heterocycles. The fraction of sp³-hybridized carbons (Fsp3) is 0.643. The van der Waals surface area contributed by atoms with Crippen molar-refractivity contribution in [3.8, 4) is 0 Å². The van der Waals surface area contributed by atoms with Crippen LogP contribution in [0.3, 0.4) is 0 Å². The van der Waals surface area contributed by atoms with Crippen LogP contribution in [0.15, 0.2) is 5.38 Å². The van der Waals surface area contributed by atoms with Crippen molar-refractivity contribution >= 4 is 23.3 Å². The number of halogens is 3. The molecule has 0 radical (unpaired) electrons.